The molecular formula is C17H29NOS. The van der Waals surface area contributed by atoms with E-state index < -0.39 is 0 Å². The number of rotatable bonds is 10. The number of aliphatic hydroxyl groups excluding tert-OH is 1. The average Bonchev–Trinajstić information content (AvgIpc) is 2.43. The molecule has 0 fully saturated rings. The zero-order valence-electron chi connectivity index (χ0n) is 13.1. The van der Waals surface area contributed by atoms with Crippen molar-refractivity contribution in [3.05, 3.63) is 35.4 Å². The van der Waals surface area contributed by atoms with Crippen LogP contribution in [0.25, 0.3) is 0 Å². The molecule has 0 amide bonds. The van der Waals surface area contributed by atoms with E-state index in [0.717, 1.165) is 18.7 Å². The molecule has 0 radical (unpaired) electrons. The van der Waals surface area contributed by atoms with Gasteiger partial charge in [-0.2, -0.15) is 11.8 Å². The van der Waals surface area contributed by atoms with Gasteiger partial charge >= 0.3 is 0 Å². The maximum Gasteiger partial charge on any atom is 0.0610 e. The van der Waals surface area contributed by atoms with E-state index >= 15 is 0 Å². The van der Waals surface area contributed by atoms with E-state index in [-0.39, 0.29) is 12.1 Å². The van der Waals surface area contributed by atoms with Crippen LogP contribution in [0.5, 0.6) is 0 Å². The summed E-state index contributed by atoms with van der Waals surface area (Å²) in [6.07, 6.45) is 3.44. The Hall–Kier alpha value is -0.510. The van der Waals surface area contributed by atoms with Crippen molar-refractivity contribution < 1.29 is 5.11 Å². The summed E-state index contributed by atoms with van der Waals surface area (Å²) in [6.45, 7) is 7.48. The predicted molar refractivity (Wildman–Crippen MR) is 90.4 cm³/mol. The summed E-state index contributed by atoms with van der Waals surface area (Å²) in [5.74, 6) is 2.30. The maximum atomic E-state index is 9.43. The second-order valence-electron chi connectivity index (χ2n) is 5.75. The van der Waals surface area contributed by atoms with Gasteiger partial charge in [0.15, 0.2) is 0 Å². The number of unbranched alkanes of at least 4 members (excludes halogenated alkanes) is 1. The Bertz CT molecular complexity index is 383. The van der Waals surface area contributed by atoms with Crippen molar-refractivity contribution in [2.75, 3.05) is 18.9 Å². The molecule has 1 rings (SSSR count). The first-order valence-electron chi connectivity index (χ1n) is 7.59. The van der Waals surface area contributed by atoms with Crippen LogP contribution < -0.4 is 5.32 Å². The molecule has 2 nitrogen and oxygen atoms in total. The molecule has 0 saturated carbocycles. The minimum Gasteiger partial charge on any atom is -0.394 e. The van der Waals surface area contributed by atoms with Gasteiger partial charge in [-0.15, -0.1) is 0 Å². The van der Waals surface area contributed by atoms with Crippen molar-refractivity contribution in [1.29, 1.82) is 0 Å². The minimum absolute atomic E-state index is 0.101. The quantitative estimate of drug-likeness (QED) is 0.645. The van der Waals surface area contributed by atoms with E-state index in [2.05, 4.69) is 50.4 Å². The average molecular weight is 295 g/mol. The van der Waals surface area contributed by atoms with Crippen LogP contribution in [0.3, 0.4) is 0 Å². The van der Waals surface area contributed by atoms with Crippen molar-refractivity contribution in [3.8, 4) is 0 Å². The smallest absolute Gasteiger partial charge is 0.0610 e. The summed E-state index contributed by atoms with van der Waals surface area (Å²) in [4.78, 5) is 0. The lowest BCUT2D eigenvalue weighted by atomic mass is 9.96. The largest absolute Gasteiger partial charge is 0.394 e. The number of likely N-dealkylation sites (N-methyl/N-ethyl adjacent to an activating group) is 1. The maximum absolute atomic E-state index is 9.43. The summed E-state index contributed by atoms with van der Waals surface area (Å²) in [5.41, 5.74) is 2.66. The van der Waals surface area contributed by atoms with E-state index in [1.54, 1.807) is 0 Å². The highest BCUT2D eigenvalue weighted by atomic mass is 32.2. The first-order chi connectivity index (χ1) is 9.59. The van der Waals surface area contributed by atoms with Crippen molar-refractivity contribution in [3.63, 3.8) is 0 Å². The molecule has 1 unspecified atom stereocenters. The topological polar surface area (TPSA) is 32.3 Å². The molecule has 1 aromatic rings. The number of nitrogens with one attached hydrogen (secondary N) is 1. The Morgan fingerprint density at radius 1 is 1.30 bits per heavy atom. The van der Waals surface area contributed by atoms with Crippen molar-refractivity contribution in [1.82, 2.24) is 5.32 Å². The molecule has 0 aromatic heterocycles. The highest BCUT2D eigenvalue weighted by Gasteiger charge is 2.20. The number of thioether (sulfide) groups is 1. The molecule has 0 spiro atoms. The van der Waals surface area contributed by atoms with Gasteiger partial charge in [-0.3, -0.25) is 0 Å². The number of benzene rings is 1. The van der Waals surface area contributed by atoms with Crippen LogP contribution in [-0.2, 0) is 5.75 Å². The molecule has 0 aliphatic heterocycles. The van der Waals surface area contributed by atoms with Crippen LogP contribution in [0, 0.1) is 6.92 Å². The number of aliphatic hydroxyl groups is 1. The fourth-order valence-electron chi connectivity index (χ4n) is 2.36. The summed E-state index contributed by atoms with van der Waals surface area (Å²) >= 11 is 2.00. The lowest BCUT2D eigenvalue weighted by molar-refractivity contribution is 0.165. The van der Waals surface area contributed by atoms with Gasteiger partial charge in [0, 0.05) is 11.3 Å². The van der Waals surface area contributed by atoms with Gasteiger partial charge in [0.2, 0.25) is 0 Å². The Morgan fingerprint density at radius 3 is 2.75 bits per heavy atom. The minimum atomic E-state index is -0.101. The third-order valence-electron chi connectivity index (χ3n) is 3.57. The number of hydrogen-bond acceptors (Lipinski definition) is 3. The monoisotopic (exact) mass is 295 g/mol. The van der Waals surface area contributed by atoms with Crippen LogP contribution in [-0.4, -0.2) is 29.5 Å². The molecule has 1 aromatic carbocycles. The van der Waals surface area contributed by atoms with Gasteiger partial charge in [-0.1, -0.05) is 43.2 Å². The van der Waals surface area contributed by atoms with Crippen LogP contribution in [0.1, 0.15) is 44.2 Å². The highest BCUT2D eigenvalue weighted by Crippen LogP contribution is 2.18. The van der Waals surface area contributed by atoms with Gasteiger partial charge in [0.25, 0.3) is 0 Å². The third-order valence-corrected chi connectivity index (χ3v) is 4.69. The van der Waals surface area contributed by atoms with E-state index in [1.807, 2.05) is 11.8 Å². The standard InChI is InChI=1S/C17H29NOS/c1-4-18-17(3,14-19)10-5-6-11-20-13-16-9-7-8-15(2)12-16/h7-9,12,18-19H,4-6,10-11,13-14H2,1-3H3. The number of aryl methyl sites for hydroxylation is 1. The fraction of sp³-hybridized carbons (Fsp3) is 0.647. The molecular weight excluding hydrogens is 266 g/mol. The Morgan fingerprint density at radius 2 is 2.10 bits per heavy atom. The van der Waals surface area contributed by atoms with Gasteiger partial charge in [-0.25, -0.2) is 0 Å². The van der Waals surface area contributed by atoms with Crippen molar-refractivity contribution >= 4 is 11.8 Å². The van der Waals surface area contributed by atoms with Gasteiger partial charge in [0.05, 0.1) is 6.61 Å². The van der Waals surface area contributed by atoms with Crippen molar-refractivity contribution in [2.45, 2.75) is 51.3 Å². The molecule has 0 saturated heterocycles. The Labute approximate surface area is 128 Å². The Kier molecular flexibility index (Phi) is 8.27. The van der Waals surface area contributed by atoms with Gasteiger partial charge < -0.3 is 10.4 Å². The second-order valence-corrected chi connectivity index (χ2v) is 6.85. The molecule has 3 heteroatoms. The van der Waals surface area contributed by atoms with Crippen LogP contribution in [0.4, 0.5) is 0 Å². The lowest BCUT2D eigenvalue weighted by Gasteiger charge is -2.28. The molecule has 1 atom stereocenters. The summed E-state index contributed by atoms with van der Waals surface area (Å²) in [6, 6.07) is 8.74. The molecule has 20 heavy (non-hydrogen) atoms. The molecule has 0 heterocycles. The van der Waals surface area contributed by atoms with E-state index in [9.17, 15) is 5.11 Å². The normalized spacial score (nSPS) is 14.2. The van der Waals surface area contributed by atoms with Crippen molar-refractivity contribution in [2.24, 2.45) is 0 Å². The van der Waals surface area contributed by atoms with Gasteiger partial charge in [0.1, 0.15) is 0 Å². The number of hydrogen-bond donors (Lipinski definition) is 2. The predicted octanol–water partition coefficient (Wildman–Crippen LogP) is 3.76. The summed E-state index contributed by atoms with van der Waals surface area (Å²) in [5, 5.41) is 12.8. The van der Waals surface area contributed by atoms with Crippen LogP contribution in [0.15, 0.2) is 24.3 Å². The third kappa shape index (κ3) is 6.78. The summed E-state index contributed by atoms with van der Waals surface area (Å²) in [7, 11) is 0. The first kappa shape index (κ1) is 17.5. The second kappa shape index (κ2) is 9.43. The van der Waals surface area contributed by atoms with E-state index in [0.29, 0.717) is 0 Å². The molecule has 0 aliphatic carbocycles. The molecule has 0 aliphatic rings. The Balaban J connectivity index is 2.13. The fourth-order valence-corrected chi connectivity index (χ4v) is 3.33. The van der Waals surface area contributed by atoms with Crippen LogP contribution >= 0.6 is 11.8 Å². The highest BCUT2D eigenvalue weighted by molar-refractivity contribution is 7.98. The molecule has 114 valence electrons. The zero-order chi connectivity index (χ0) is 14.8. The zero-order valence-corrected chi connectivity index (χ0v) is 13.9. The SMILES string of the molecule is CCNC(C)(CO)CCCCSCc1cccc(C)c1. The molecule has 0 bridgehead atoms. The summed E-state index contributed by atoms with van der Waals surface area (Å²) < 4.78 is 0. The van der Waals surface area contributed by atoms with E-state index in [4.69, 9.17) is 0 Å². The first-order valence-corrected chi connectivity index (χ1v) is 8.74. The molecule has 2 N–H and O–H groups in total. The van der Waals surface area contributed by atoms with E-state index in [1.165, 1.54) is 29.7 Å². The van der Waals surface area contributed by atoms with Crippen LogP contribution in [0.2, 0.25) is 0 Å². The lowest BCUT2D eigenvalue weighted by Crippen LogP contribution is -2.45. The van der Waals surface area contributed by atoms with Gasteiger partial charge in [-0.05, 0) is 44.6 Å².